The van der Waals surface area contributed by atoms with Crippen molar-refractivity contribution in [3.63, 3.8) is 0 Å². The molecule has 0 aliphatic heterocycles. The maximum Gasteiger partial charge on any atom is 0.251 e. The first-order valence-electron chi connectivity index (χ1n) is 6.41. The van der Waals surface area contributed by atoms with Crippen LogP contribution in [-0.2, 0) is 0 Å². The Kier molecular flexibility index (Phi) is 5.09. The first-order valence-corrected chi connectivity index (χ1v) is 7.29. The van der Waals surface area contributed by atoms with E-state index in [4.69, 9.17) is 5.11 Å². The molecule has 2 rings (SSSR count). The zero-order valence-corrected chi connectivity index (χ0v) is 12.0. The number of nitrogens with one attached hydrogen (secondary N) is 2. The summed E-state index contributed by atoms with van der Waals surface area (Å²) in [5.74, 6) is -0.186. The highest BCUT2D eigenvalue weighted by Gasteiger charge is 2.11. The molecule has 1 atom stereocenters. The van der Waals surface area contributed by atoms with E-state index in [2.05, 4.69) is 15.6 Å². The molecular formula is C14H17N3O2S. The Morgan fingerprint density at radius 2 is 2.35 bits per heavy atom. The number of thiazole rings is 1. The van der Waals surface area contributed by atoms with Crippen molar-refractivity contribution in [2.24, 2.45) is 0 Å². The average molecular weight is 291 g/mol. The van der Waals surface area contributed by atoms with Crippen LogP contribution in [0.1, 0.15) is 23.7 Å². The molecule has 1 heterocycles. The third-order valence-corrected chi connectivity index (χ3v) is 3.55. The molecule has 1 aromatic carbocycles. The van der Waals surface area contributed by atoms with Crippen LogP contribution in [0.15, 0.2) is 35.8 Å². The maximum atomic E-state index is 12.1. The monoisotopic (exact) mass is 291 g/mol. The van der Waals surface area contributed by atoms with Gasteiger partial charge in [-0.15, -0.1) is 11.3 Å². The number of benzene rings is 1. The van der Waals surface area contributed by atoms with Crippen LogP contribution in [-0.4, -0.2) is 28.6 Å². The lowest BCUT2D eigenvalue weighted by Crippen LogP contribution is -2.36. The highest BCUT2D eigenvalue weighted by Crippen LogP contribution is 2.19. The van der Waals surface area contributed by atoms with Crippen LogP contribution < -0.4 is 10.6 Å². The molecule has 1 aromatic heterocycles. The zero-order valence-electron chi connectivity index (χ0n) is 11.2. The topological polar surface area (TPSA) is 74.2 Å². The summed E-state index contributed by atoms with van der Waals surface area (Å²) in [7, 11) is 0. The Morgan fingerprint density at radius 3 is 3.00 bits per heavy atom. The summed E-state index contributed by atoms with van der Waals surface area (Å²) in [6.07, 6.45) is 2.41. The van der Waals surface area contributed by atoms with Crippen molar-refractivity contribution in [2.45, 2.75) is 19.4 Å². The van der Waals surface area contributed by atoms with E-state index in [1.165, 1.54) is 11.3 Å². The van der Waals surface area contributed by atoms with Crippen molar-refractivity contribution in [3.05, 3.63) is 41.4 Å². The second-order valence-electron chi connectivity index (χ2n) is 4.30. The lowest BCUT2D eigenvalue weighted by atomic mass is 10.1. The molecule has 3 N–H and O–H groups in total. The Balaban J connectivity index is 2.07. The van der Waals surface area contributed by atoms with Crippen LogP contribution in [0.5, 0.6) is 0 Å². The number of carbonyl (C=O) groups excluding carboxylic acids is 1. The normalized spacial score (nSPS) is 11.9. The van der Waals surface area contributed by atoms with Crippen LogP contribution in [0.2, 0.25) is 0 Å². The number of nitrogens with zero attached hydrogens (tertiary/aromatic N) is 1. The van der Waals surface area contributed by atoms with E-state index in [0.717, 1.165) is 10.8 Å². The zero-order chi connectivity index (χ0) is 14.4. The molecule has 6 heteroatoms. The molecule has 0 saturated heterocycles. The Morgan fingerprint density at radius 1 is 1.50 bits per heavy atom. The average Bonchev–Trinajstić information content (AvgIpc) is 2.97. The Bertz CT molecular complexity index is 553. The predicted molar refractivity (Wildman–Crippen MR) is 80.5 cm³/mol. The summed E-state index contributed by atoms with van der Waals surface area (Å²) in [5, 5.41) is 17.7. The van der Waals surface area contributed by atoms with Crippen molar-refractivity contribution < 1.29 is 9.90 Å². The molecule has 5 nitrogen and oxygen atoms in total. The number of aliphatic hydroxyl groups is 1. The number of amides is 1. The maximum absolute atomic E-state index is 12.1. The van der Waals surface area contributed by atoms with E-state index in [9.17, 15) is 4.79 Å². The summed E-state index contributed by atoms with van der Waals surface area (Å²) in [5.41, 5.74) is 1.36. The fourth-order valence-electron chi connectivity index (χ4n) is 1.69. The van der Waals surface area contributed by atoms with E-state index in [1.807, 2.05) is 24.4 Å². The standard InChI is InChI=1S/C14H17N3O2S/c1-2-11(9-18)16-13(19)10-4-3-5-12(8-10)17-14-15-6-7-20-14/h3-8,11,18H,2,9H2,1H3,(H,15,17)(H,16,19). The van der Waals surface area contributed by atoms with Gasteiger partial charge in [-0.1, -0.05) is 13.0 Å². The highest BCUT2D eigenvalue weighted by molar-refractivity contribution is 7.13. The quantitative estimate of drug-likeness (QED) is 0.764. The number of rotatable bonds is 6. The van der Waals surface area contributed by atoms with Crippen LogP contribution in [0.4, 0.5) is 10.8 Å². The molecule has 0 spiro atoms. The highest BCUT2D eigenvalue weighted by atomic mass is 32.1. The van der Waals surface area contributed by atoms with E-state index < -0.39 is 0 Å². The molecule has 2 aromatic rings. The van der Waals surface area contributed by atoms with Gasteiger partial charge in [0.25, 0.3) is 5.91 Å². The fourth-order valence-corrected chi connectivity index (χ4v) is 2.24. The van der Waals surface area contributed by atoms with Crippen molar-refractivity contribution in [2.75, 3.05) is 11.9 Å². The smallest absolute Gasteiger partial charge is 0.251 e. The van der Waals surface area contributed by atoms with Gasteiger partial charge in [-0.25, -0.2) is 4.98 Å². The van der Waals surface area contributed by atoms with Gasteiger partial charge in [0.05, 0.1) is 12.6 Å². The molecule has 1 amide bonds. The number of hydrogen-bond acceptors (Lipinski definition) is 5. The van der Waals surface area contributed by atoms with Crippen molar-refractivity contribution >= 4 is 28.1 Å². The Hall–Kier alpha value is -1.92. The Labute approximate surface area is 121 Å². The largest absolute Gasteiger partial charge is 0.394 e. The summed E-state index contributed by atoms with van der Waals surface area (Å²) < 4.78 is 0. The number of hydrogen-bond donors (Lipinski definition) is 3. The minimum Gasteiger partial charge on any atom is -0.394 e. The number of anilines is 2. The van der Waals surface area contributed by atoms with Crippen molar-refractivity contribution in [3.8, 4) is 0 Å². The molecule has 20 heavy (non-hydrogen) atoms. The third-order valence-electron chi connectivity index (χ3n) is 2.86. The second kappa shape index (κ2) is 7.02. The van der Waals surface area contributed by atoms with Gasteiger partial charge >= 0.3 is 0 Å². The second-order valence-corrected chi connectivity index (χ2v) is 5.20. The summed E-state index contributed by atoms with van der Waals surface area (Å²) in [6.45, 7) is 1.86. The molecule has 0 aliphatic carbocycles. The molecule has 106 valence electrons. The van der Waals surface area contributed by atoms with Crippen LogP contribution >= 0.6 is 11.3 Å². The number of carbonyl (C=O) groups is 1. The summed E-state index contributed by atoms with van der Waals surface area (Å²) >= 11 is 1.49. The van der Waals surface area contributed by atoms with E-state index in [1.54, 1.807) is 18.3 Å². The minimum atomic E-state index is -0.210. The van der Waals surface area contributed by atoms with E-state index in [-0.39, 0.29) is 18.6 Å². The lowest BCUT2D eigenvalue weighted by Gasteiger charge is -2.14. The van der Waals surface area contributed by atoms with Crippen LogP contribution in [0, 0.1) is 0 Å². The van der Waals surface area contributed by atoms with Gasteiger partial charge in [0.2, 0.25) is 0 Å². The molecule has 0 saturated carbocycles. The number of aromatic nitrogens is 1. The van der Waals surface area contributed by atoms with E-state index in [0.29, 0.717) is 12.0 Å². The van der Waals surface area contributed by atoms with Gasteiger partial charge in [0.15, 0.2) is 5.13 Å². The van der Waals surface area contributed by atoms with Gasteiger partial charge in [0, 0.05) is 22.8 Å². The molecule has 0 fully saturated rings. The van der Waals surface area contributed by atoms with Gasteiger partial charge in [-0.05, 0) is 24.6 Å². The first kappa shape index (κ1) is 14.5. The van der Waals surface area contributed by atoms with Gasteiger partial charge in [-0.2, -0.15) is 0 Å². The first-order chi connectivity index (χ1) is 9.72. The van der Waals surface area contributed by atoms with Crippen molar-refractivity contribution in [1.82, 2.24) is 10.3 Å². The lowest BCUT2D eigenvalue weighted by molar-refractivity contribution is 0.0915. The third kappa shape index (κ3) is 3.79. The fraction of sp³-hybridized carbons (Fsp3) is 0.286. The SMILES string of the molecule is CCC(CO)NC(=O)c1cccc(Nc2nccs2)c1. The van der Waals surface area contributed by atoms with Crippen molar-refractivity contribution in [1.29, 1.82) is 0 Å². The van der Waals surface area contributed by atoms with E-state index >= 15 is 0 Å². The van der Waals surface area contributed by atoms with Crippen LogP contribution in [0.25, 0.3) is 0 Å². The number of aliphatic hydroxyl groups excluding tert-OH is 1. The van der Waals surface area contributed by atoms with Gasteiger partial charge in [-0.3, -0.25) is 4.79 Å². The molecule has 1 unspecified atom stereocenters. The van der Waals surface area contributed by atoms with Gasteiger partial charge < -0.3 is 15.7 Å². The molecule has 0 bridgehead atoms. The van der Waals surface area contributed by atoms with Crippen LogP contribution in [0.3, 0.4) is 0 Å². The van der Waals surface area contributed by atoms with Gasteiger partial charge in [0.1, 0.15) is 0 Å². The molecule has 0 radical (unpaired) electrons. The minimum absolute atomic E-state index is 0.0563. The summed E-state index contributed by atoms with van der Waals surface area (Å²) in [4.78, 5) is 16.2. The molecule has 0 aliphatic rings. The summed E-state index contributed by atoms with van der Waals surface area (Å²) in [6, 6.07) is 6.98. The predicted octanol–water partition coefficient (Wildman–Crippen LogP) is 2.39. The molecular weight excluding hydrogens is 274 g/mol.